The molecule has 4 heterocycles. The summed E-state index contributed by atoms with van der Waals surface area (Å²) < 4.78 is 45.5. The van der Waals surface area contributed by atoms with Crippen LogP contribution in [0.25, 0.3) is 10.6 Å². The lowest BCUT2D eigenvalue weighted by molar-refractivity contribution is -0.182. The maximum absolute atomic E-state index is 13.0. The summed E-state index contributed by atoms with van der Waals surface area (Å²) in [6.45, 7) is -0.277. The average Bonchev–Trinajstić information content (AvgIpc) is 3.38. The highest BCUT2D eigenvalue weighted by atomic mass is 32.1. The molecule has 142 valence electrons. The topological polar surface area (TPSA) is 85.8 Å². The van der Waals surface area contributed by atoms with Crippen molar-refractivity contribution in [3.8, 4) is 10.6 Å². The Labute approximate surface area is 155 Å². The first kappa shape index (κ1) is 17.7. The number of alkyl halides is 3. The molecule has 1 N–H and O–H groups in total. The first-order chi connectivity index (χ1) is 12.9. The summed E-state index contributed by atoms with van der Waals surface area (Å²) in [7, 11) is 0. The van der Waals surface area contributed by atoms with Gasteiger partial charge in [0.2, 0.25) is 0 Å². The minimum absolute atomic E-state index is 0.00156. The molecule has 1 aliphatic rings. The highest BCUT2D eigenvalue weighted by molar-refractivity contribution is 7.13. The van der Waals surface area contributed by atoms with E-state index >= 15 is 0 Å². The number of rotatable bonds is 4. The Kier molecular flexibility index (Phi) is 4.46. The van der Waals surface area contributed by atoms with E-state index in [2.05, 4.69) is 20.7 Å². The molecule has 7 nitrogen and oxygen atoms in total. The Bertz CT molecular complexity index is 948. The van der Waals surface area contributed by atoms with E-state index in [1.54, 1.807) is 0 Å². The maximum Gasteiger partial charge on any atom is 0.393 e. The number of aromatic nitrogens is 4. The fraction of sp³-hybridized carbons (Fsp3) is 0.375. The molecule has 1 unspecified atom stereocenters. The Balaban J connectivity index is 1.43. The first-order valence-electron chi connectivity index (χ1n) is 8.18. The molecule has 0 saturated carbocycles. The van der Waals surface area contributed by atoms with Gasteiger partial charge in [-0.3, -0.25) is 4.79 Å². The second kappa shape index (κ2) is 6.80. The third kappa shape index (κ3) is 3.59. The zero-order valence-corrected chi connectivity index (χ0v) is 14.7. The molecule has 1 amide bonds. The number of halogens is 3. The number of amides is 1. The number of nitrogens with zero attached hydrogens (tertiary/aromatic N) is 4. The molecule has 1 aliphatic heterocycles. The second-order valence-electron chi connectivity index (χ2n) is 6.16. The van der Waals surface area contributed by atoms with Crippen LogP contribution in [0.1, 0.15) is 28.6 Å². The highest BCUT2D eigenvalue weighted by Crippen LogP contribution is 2.34. The van der Waals surface area contributed by atoms with Crippen LogP contribution in [0.15, 0.2) is 28.1 Å². The number of aryl methyl sites for hydroxylation is 1. The molecule has 0 bridgehead atoms. The Morgan fingerprint density at radius 3 is 3.00 bits per heavy atom. The van der Waals surface area contributed by atoms with Gasteiger partial charge in [-0.1, -0.05) is 11.2 Å². The third-order valence-electron chi connectivity index (χ3n) is 4.40. The number of hydrogen-bond acceptors (Lipinski definition) is 6. The summed E-state index contributed by atoms with van der Waals surface area (Å²) in [5.41, 5.74) is 0.0879. The van der Waals surface area contributed by atoms with Crippen molar-refractivity contribution in [2.45, 2.75) is 32.1 Å². The van der Waals surface area contributed by atoms with Gasteiger partial charge in [0, 0.05) is 19.0 Å². The number of nitrogens with one attached hydrogen (secondary N) is 1. The van der Waals surface area contributed by atoms with Gasteiger partial charge < -0.3 is 14.4 Å². The van der Waals surface area contributed by atoms with Crippen molar-refractivity contribution in [2.75, 3.05) is 0 Å². The minimum atomic E-state index is -4.26. The lowest BCUT2D eigenvalue weighted by Crippen LogP contribution is -2.34. The molecule has 0 aliphatic carbocycles. The van der Waals surface area contributed by atoms with E-state index in [1.165, 1.54) is 22.0 Å². The van der Waals surface area contributed by atoms with Crippen LogP contribution in [0.2, 0.25) is 0 Å². The van der Waals surface area contributed by atoms with Crippen LogP contribution in [0, 0.1) is 5.92 Å². The van der Waals surface area contributed by atoms with E-state index in [4.69, 9.17) is 4.52 Å². The molecular formula is C16H14F3N5O2S. The molecule has 0 saturated heterocycles. The fourth-order valence-electron chi connectivity index (χ4n) is 2.95. The number of hydrogen-bond donors (Lipinski definition) is 1. The summed E-state index contributed by atoms with van der Waals surface area (Å²) in [5, 5.41) is 16.0. The molecular weight excluding hydrogens is 383 g/mol. The third-order valence-corrected chi connectivity index (χ3v) is 5.28. The summed E-state index contributed by atoms with van der Waals surface area (Å²) in [5.74, 6) is -0.667. The van der Waals surface area contributed by atoms with Gasteiger partial charge in [0.1, 0.15) is 5.82 Å². The van der Waals surface area contributed by atoms with Gasteiger partial charge in [-0.15, -0.1) is 21.5 Å². The zero-order chi connectivity index (χ0) is 19.0. The van der Waals surface area contributed by atoms with Crippen LogP contribution >= 0.6 is 11.3 Å². The smallest absolute Gasteiger partial charge is 0.355 e. The lowest BCUT2D eigenvalue weighted by Gasteiger charge is -2.26. The molecule has 1 atom stereocenters. The van der Waals surface area contributed by atoms with E-state index in [-0.39, 0.29) is 37.4 Å². The highest BCUT2D eigenvalue weighted by Gasteiger charge is 2.42. The summed E-state index contributed by atoms with van der Waals surface area (Å²) >= 11 is 1.45. The van der Waals surface area contributed by atoms with E-state index in [0.717, 1.165) is 4.88 Å². The maximum atomic E-state index is 13.0. The molecule has 3 aromatic heterocycles. The average molecular weight is 397 g/mol. The standard InChI is InChI=1S/C16H14F3N5O2S/c17-16(18,19)9-3-4-13-21-22-14(24(13)8-9)7-20-15(25)10-6-11(26-23-10)12-2-1-5-27-12/h1-2,5-6,9H,3-4,7-8H2,(H,20,25). The molecule has 0 aromatic carbocycles. The van der Waals surface area contributed by atoms with Crippen LogP contribution in [-0.4, -0.2) is 32.0 Å². The van der Waals surface area contributed by atoms with Crippen molar-refractivity contribution in [2.24, 2.45) is 5.92 Å². The van der Waals surface area contributed by atoms with E-state index < -0.39 is 18.0 Å². The second-order valence-corrected chi connectivity index (χ2v) is 7.10. The number of carbonyl (C=O) groups excluding carboxylic acids is 1. The molecule has 3 aromatic rings. The predicted octanol–water partition coefficient (Wildman–Crippen LogP) is 3.05. The molecule has 0 spiro atoms. The molecule has 0 fully saturated rings. The van der Waals surface area contributed by atoms with Gasteiger partial charge >= 0.3 is 6.18 Å². The number of carbonyl (C=O) groups is 1. The quantitative estimate of drug-likeness (QED) is 0.731. The van der Waals surface area contributed by atoms with Crippen LogP contribution in [-0.2, 0) is 19.5 Å². The van der Waals surface area contributed by atoms with Crippen molar-refractivity contribution < 1.29 is 22.5 Å². The van der Waals surface area contributed by atoms with Crippen molar-refractivity contribution in [1.82, 2.24) is 25.2 Å². The van der Waals surface area contributed by atoms with Gasteiger partial charge in [0.25, 0.3) is 5.91 Å². The molecule has 4 rings (SSSR count). The minimum Gasteiger partial charge on any atom is -0.355 e. The van der Waals surface area contributed by atoms with E-state index in [9.17, 15) is 18.0 Å². The van der Waals surface area contributed by atoms with Crippen molar-refractivity contribution in [3.05, 3.63) is 40.9 Å². The van der Waals surface area contributed by atoms with Gasteiger partial charge in [0.05, 0.1) is 17.3 Å². The first-order valence-corrected chi connectivity index (χ1v) is 9.06. The number of thiophene rings is 1. The van der Waals surface area contributed by atoms with Crippen LogP contribution < -0.4 is 5.32 Å². The van der Waals surface area contributed by atoms with Crippen LogP contribution in [0.3, 0.4) is 0 Å². The number of fused-ring (bicyclic) bond motifs is 1. The van der Waals surface area contributed by atoms with E-state index in [1.807, 2.05) is 17.5 Å². The van der Waals surface area contributed by atoms with Crippen molar-refractivity contribution in [3.63, 3.8) is 0 Å². The SMILES string of the molecule is O=C(NCc1nnc2n1CC(C(F)(F)F)CC2)c1cc(-c2cccs2)on1. The summed E-state index contributed by atoms with van der Waals surface area (Å²) in [6.07, 6.45) is -4.06. The van der Waals surface area contributed by atoms with E-state index in [0.29, 0.717) is 11.6 Å². The predicted molar refractivity (Wildman–Crippen MR) is 88.9 cm³/mol. The largest absolute Gasteiger partial charge is 0.393 e. The molecule has 27 heavy (non-hydrogen) atoms. The van der Waals surface area contributed by atoms with Crippen molar-refractivity contribution >= 4 is 17.2 Å². The molecule has 11 heteroatoms. The summed E-state index contributed by atoms with van der Waals surface area (Å²) in [4.78, 5) is 13.1. The summed E-state index contributed by atoms with van der Waals surface area (Å²) in [6, 6.07) is 5.21. The normalized spacial score (nSPS) is 16.9. The molecule has 0 radical (unpaired) electrons. The van der Waals surface area contributed by atoms with Crippen molar-refractivity contribution in [1.29, 1.82) is 0 Å². The Hall–Kier alpha value is -2.69. The van der Waals surface area contributed by atoms with Gasteiger partial charge in [-0.2, -0.15) is 13.2 Å². The van der Waals surface area contributed by atoms with Crippen LogP contribution in [0.4, 0.5) is 13.2 Å². The zero-order valence-electron chi connectivity index (χ0n) is 13.9. The van der Waals surface area contributed by atoms with Gasteiger partial charge in [-0.25, -0.2) is 0 Å². The Morgan fingerprint density at radius 1 is 1.41 bits per heavy atom. The van der Waals surface area contributed by atoms with Crippen LogP contribution in [0.5, 0.6) is 0 Å². The monoisotopic (exact) mass is 397 g/mol. The lowest BCUT2D eigenvalue weighted by atomic mass is 9.99. The van der Waals surface area contributed by atoms with Gasteiger partial charge in [0.15, 0.2) is 17.3 Å². The fourth-order valence-corrected chi connectivity index (χ4v) is 3.62. The Morgan fingerprint density at radius 2 is 2.26 bits per heavy atom. The van der Waals surface area contributed by atoms with Gasteiger partial charge in [-0.05, 0) is 17.9 Å².